The predicted molar refractivity (Wildman–Crippen MR) is 68.2 cm³/mol. The van der Waals surface area contributed by atoms with Crippen LogP contribution in [0.3, 0.4) is 0 Å². The van der Waals surface area contributed by atoms with E-state index in [1.807, 2.05) is 0 Å². The third kappa shape index (κ3) is 3.18. The maximum Gasteiger partial charge on any atom is 0.179 e. The fourth-order valence-corrected chi connectivity index (χ4v) is 2.26. The Hall–Kier alpha value is -1.18. The summed E-state index contributed by atoms with van der Waals surface area (Å²) in [7, 11) is -3.42. The molecule has 18 heavy (non-hydrogen) atoms. The molecule has 102 valence electrons. The number of anilines is 1. The van der Waals surface area contributed by atoms with E-state index >= 15 is 0 Å². The van der Waals surface area contributed by atoms with Crippen molar-refractivity contribution in [1.82, 2.24) is 4.98 Å². The third-order valence-corrected chi connectivity index (χ3v) is 3.96. The summed E-state index contributed by atoms with van der Waals surface area (Å²) in [5, 5.41) is 21.5. The van der Waals surface area contributed by atoms with Gasteiger partial charge < -0.3 is 15.5 Å². The lowest BCUT2D eigenvalue weighted by Gasteiger charge is -2.30. The zero-order chi connectivity index (χ0) is 13.8. The first-order valence-corrected chi connectivity index (χ1v) is 7.42. The predicted octanol–water partition coefficient (Wildman–Crippen LogP) is 0.0304. The van der Waals surface area contributed by atoms with Gasteiger partial charge >= 0.3 is 0 Å². The van der Waals surface area contributed by atoms with Crippen molar-refractivity contribution in [2.75, 3.05) is 24.8 Å². The Morgan fingerprint density at radius 1 is 1.39 bits per heavy atom. The minimum atomic E-state index is -3.42. The van der Waals surface area contributed by atoms with Gasteiger partial charge in [0.2, 0.25) is 0 Å². The Kier molecular flexibility index (Phi) is 4.66. The second-order valence-corrected chi connectivity index (χ2v) is 6.18. The molecule has 0 aliphatic carbocycles. The molecule has 1 aromatic heterocycles. The van der Waals surface area contributed by atoms with E-state index in [1.165, 1.54) is 18.3 Å². The molecule has 0 aromatic carbocycles. The summed E-state index contributed by atoms with van der Waals surface area (Å²) in [5.74, 6) is 0.143. The van der Waals surface area contributed by atoms with E-state index in [4.69, 9.17) is 0 Å². The summed E-state index contributed by atoms with van der Waals surface area (Å²) in [4.78, 5) is 4.01. The number of rotatable bonds is 6. The molecule has 1 heterocycles. The van der Waals surface area contributed by atoms with Crippen LogP contribution >= 0.6 is 0 Å². The van der Waals surface area contributed by atoms with Gasteiger partial charge in [-0.05, 0) is 18.6 Å². The third-order valence-electron chi connectivity index (χ3n) is 2.84. The van der Waals surface area contributed by atoms with Crippen LogP contribution in [-0.4, -0.2) is 48.6 Å². The number of hydrogen-bond acceptors (Lipinski definition) is 6. The van der Waals surface area contributed by atoms with Crippen molar-refractivity contribution < 1.29 is 18.6 Å². The molecule has 0 aliphatic rings. The maximum atomic E-state index is 11.6. The van der Waals surface area contributed by atoms with E-state index in [0.29, 0.717) is 6.42 Å². The molecule has 0 amide bonds. The molecular formula is C11H18N2O4S. The van der Waals surface area contributed by atoms with Crippen molar-refractivity contribution in [1.29, 1.82) is 0 Å². The van der Waals surface area contributed by atoms with Gasteiger partial charge in [0.25, 0.3) is 0 Å². The van der Waals surface area contributed by atoms with Crippen LogP contribution in [0.2, 0.25) is 0 Å². The number of nitrogens with one attached hydrogen (secondary N) is 1. The quantitative estimate of drug-likeness (QED) is 0.677. The second-order valence-electron chi connectivity index (χ2n) is 4.20. The summed E-state index contributed by atoms with van der Waals surface area (Å²) in [6.45, 7) is 1.14. The Morgan fingerprint density at radius 3 is 2.44 bits per heavy atom. The number of aromatic nitrogens is 1. The highest BCUT2D eigenvalue weighted by Gasteiger charge is 2.28. The molecule has 0 aliphatic heterocycles. The van der Waals surface area contributed by atoms with E-state index in [-0.39, 0.29) is 23.9 Å². The van der Waals surface area contributed by atoms with Gasteiger partial charge in [0.05, 0.1) is 18.8 Å². The summed E-state index contributed by atoms with van der Waals surface area (Å²) in [6.07, 6.45) is 2.96. The smallest absolute Gasteiger partial charge is 0.179 e. The van der Waals surface area contributed by atoms with Gasteiger partial charge in [-0.15, -0.1) is 0 Å². The zero-order valence-corrected chi connectivity index (χ0v) is 11.2. The molecule has 0 saturated carbocycles. The molecule has 6 nitrogen and oxygen atoms in total. The fourth-order valence-electron chi connectivity index (χ4n) is 1.48. The average Bonchev–Trinajstić information content (AvgIpc) is 2.35. The van der Waals surface area contributed by atoms with Crippen LogP contribution in [0.15, 0.2) is 23.2 Å². The molecule has 0 saturated heterocycles. The molecule has 1 aromatic rings. The Bertz CT molecular complexity index is 489. The fraction of sp³-hybridized carbons (Fsp3) is 0.545. The largest absolute Gasteiger partial charge is 0.394 e. The Balaban J connectivity index is 3.19. The van der Waals surface area contributed by atoms with E-state index < -0.39 is 15.4 Å². The van der Waals surface area contributed by atoms with Crippen LogP contribution in [-0.2, 0) is 9.84 Å². The summed E-state index contributed by atoms with van der Waals surface area (Å²) >= 11 is 0. The van der Waals surface area contributed by atoms with E-state index in [2.05, 4.69) is 10.3 Å². The van der Waals surface area contributed by atoms with Crippen LogP contribution in [0.1, 0.15) is 13.3 Å². The van der Waals surface area contributed by atoms with Crippen LogP contribution < -0.4 is 5.32 Å². The lowest BCUT2D eigenvalue weighted by atomic mass is 9.98. The topological polar surface area (TPSA) is 99.5 Å². The molecule has 3 N–H and O–H groups in total. The van der Waals surface area contributed by atoms with Gasteiger partial charge in [-0.3, -0.25) is 0 Å². The molecule has 0 bridgehead atoms. The van der Waals surface area contributed by atoms with Crippen LogP contribution in [0.5, 0.6) is 0 Å². The van der Waals surface area contributed by atoms with Crippen LogP contribution in [0, 0.1) is 0 Å². The van der Waals surface area contributed by atoms with Crippen molar-refractivity contribution in [3.05, 3.63) is 18.3 Å². The minimum absolute atomic E-state index is 0.0460. The van der Waals surface area contributed by atoms with Crippen molar-refractivity contribution >= 4 is 15.7 Å². The van der Waals surface area contributed by atoms with E-state index in [9.17, 15) is 18.6 Å². The average molecular weight is 274 g/mol. The van der Waals surface area contributed by atoms with Crippen LogP contribution in [0.25, 0.3) is 0 Å². The molecule has 1 rings (SSSR count). The van der Waals surface area contributed by atoms with Gasteiger partial charge in [-0.2, -0.15) is 0 Å². The number of hydrogen-bond donors (Lipinski definition) is 3. The molecule has 0 fully saturated rings. The van der Waals surface area contributed by atoms with E-state index in [1.54, 1.807) is 6.92 Å². The van der Waals surface area contributed by atoms with Gasteiger partial charge in [-0.25, -0.2) is 13.4 Å². The first-order valence-electron chi connectivity index (χ1n) is 5.53. The lowest BCUT2D eigenvalue weighted by molar-refractivity contribution is 0.132. The summed E-state index contributed by atoms with van der Waals surface area (Å²) in [6, 6.07) is 2.95. The normalized spacial score (nSPS) is 12.4. The monoisotopic (exact) mass is 274 g/mol. The van der Waals surface area contributed by atoms with Crippen LogP contribution in [0.4, 0.5) is 5.82 Å². The minimum Gasteiger partial charge on any atom is -0.394 e. The zero-order valence-electron chi connectivity index (χ0n) is 10.4. The summed E-state index contributed by atoms with van der Waals surface area (Å²) in [5.41, 5.74) is -0.978. The Morgan fingerprint density at radius 2 is 2.00 bits per heavy atom. The lowest BCUT2D eigenvalue weighted by Crippen LogP contribution is -2.45. The Labute approximate surface area is 107 Å². The molecular weight excluding hydrogens is 256 g/mol. The first kappa shape index (κ1) is 14.9. The molecule has 0 spiro atoms. The van der Waals surface area contributed by atoms with Gasteiger partial charge in [0.15, 0.2) is 9.84 Å². The molecule has 0 radical (unpaired) electrons. The number of sulfone groups is 1. The van der Waals surface area contributed by atoms with Gasteiger partial charge in [0.1, 0.15) is 10.7 Å². The molecule has 0 atom stereocenters. The highest BCUT2D eigenvalue weighted by molar-refractivity contribution is 7.90. The molecule has 0 unspecified atom stereocenters. The van der Waals surface area contributed by atoms with Gasteiger partial charge in [-0.1, -0.05) is 6.92 Å². The van der Waals surface area contributed by atoms with Crippen molar-refractivity contribution in [3.8, 4) is 0 Å². The summed E-state index contributed by atoms with van der Waals surface area (Å²) < 4.78 is 23.2. The van der Waals surface area contributed by atoms with Gasteiger partial charge in [0, 0.05) is 12.5 Å². The maximum absolute atomic E-state index is 11.6. The number of aliphatic hydroxyl groups excluding tert-OH is 2. The van der Waals surface area contributed by atoms with Crippen molar-refractivity contribution in [3.63, 3.8) is 0 Å². The first-order chi connectivity index (χ1) is 8.38. The SMILES string of the molecule is CCC(CO)(CO)Nc1ncccc1S(C)(=O)=O. The molecule has 7 heteroatoms. The number of pyridine rings is 1. The van der Waals surface area contributed by atoms with Crippen molar-refractivity contribution in [2.45, 2.75) is 23.8 Å². The highest BCUT2D eigenvalue weighted by Crippen LogP contribution is 2.23. The number of nitrogens with zero attached hydrogens (tertiary/aromatic N) is 1. The van der Waals surface area contributed by atoms with Crippen molar-refractivity contribution in [2.24, 2.45) is 0 Å². The highest BCUT2D eigenvalue weighted by atomic mass is 32.2. The standard InChI is InChI=1S/C11H18N2O4S/c1-3-11(7-14,8-15)13-10-9(18(2,16)17)5-4-6-12-10/h4-6,14-15H,3,7-8H2,1-2H3,(H,12,13). The second kappa shape index (κ2) is 5.64. The van der Waals surface area contributed by atoms with E-state index in [0.717, 1.165) is 6.26 Å². The number of aliphatic hydroxyl groups is 2.